The number of hydrogen-bond acceptors (Lipinski definition) is 3. The zero-order chi connectivity index (χ0) is 15.6. The lowest BCUT2D eigenvalue weighted by molar-refractivity contribution is 0.0156. The molecule has 0 aromatic carbocycles. The van der Waals surface area contributed by atoms with Crippen LogP contribution in [0.15, 0.2) is 6.20 Å². The van der Waals surface area contributed by atoms with Crippen molar-refractivity contribution >= 4 is 5.91 Å². The number of hydrogen-bond donors (Lipinski definition) is 1. The molecule has 5 heteroatoms. The first-order valence-corrected chi connectivity index (χ1v) is 7.91. The standard InChI is InChI=1S/C16H27N3O2/c1-5-19-10-13(14(17-19)12(2)3)15(20)18(4)11-16(21)8-6-7-9-16/h10,12,21H,5-9,11H2,1-4H3. The Morgan fingerprint density at radius 2 is 2.10 bits per heavy atom. The largest absolute Gasteiger partial charge is 0.388 e. The van der Waals surface area contributed by atoms with E-state index in [1.165, 1.54) is 0 Å². The van der Waals surface area contributed by atoms with Crippen molar-refractivity contribution in [2.24, 2.45) is 0 Å². The predicted octanol–water partition coefficient (Wildman–Crippen LogP) is 2.40. The number of nitrogens with zero attached hydrogens (tertiary/aromatic N) is 3. The number of aryl methyl sites for hydroxylation is 1. The van der Waals surface area contributed by atoms with Crippen molar-refractivity contribution in [3.63, 3.8) is 0 Å². The third kappa shape index (κ3) is 3.46. The Balaban J connectivity index is 2.16. The summed E-state index contributed by atoms with van der Waals surface area (Å²) < 4.78 is 1.81. The van der Waals surface area contributed by atoms with Crippen molar-refractivity contribution in [3.05, 3.63) is 17.5 Å². The summed E-state index contributed by atoms with van der Waals surface area (Å²) in [6.07, 6.45) is 5.49. The van der Waals surface area contributed by atoms with Gasteiger partial charge in [0.15, 0.2) is 0 Å². The minimum absolute atomic E-state index is 0.0428. The van der Waals surface area contributed by atoms with E-state index in [-0.39, 0.29) is 11.8 Å². The molecule has 118 valence electrons. The number of aromatic nitrogens is 2. The van der Waals surface area contributed by atoms with Crippen LogP contribution in [0.3, 0.4) is 0 Å². The van der Waals surface area contributed by atoms with Crippen LogP contribution in [-0.2, 0) is 6.54 Å². The van der Waals surface area contributed by atoms with E-state index in [4.69, 9.17) is 0 Å². The van der Waals surface area contributed by atoms with Gasteiger partial charge in [0.2, 0.25) is 0 Å². The van der Waals surface area contributed by atoms with Crippen LogP contribution in [-0.4, -0.2) is 44.9 Å². The molecule has 1 aliphatic carbocycles. The van der Waals surface area contributed by atoms with Gasteiger partial charge in [-0.1, -0.05) is 26.7 Å². The molecule has 0 radical (unpaired) electrons. The fourth-order valence-corrected chi connectivity index (χ4v) is 3.10. The molecule has 5 nitrogen and oxygen atoms in total. The molecule has 2 rings (SSSR count). The first kappa shape index (κ1) is 16.0. The van der Waals surface area contributed by atoms with Gasteiger partial charge in [-0.05, 0) is 25.7 Å². The molecule has 0 unspecified atom stereocenters. The molecule has 1 N–H and O–H groups in total. The zero-order valence-corrected chi connectivity index (χ0v) is 13.6. The molecule has 1 saturated carbocycles. The normalized spacial score (nSPS) is 17.4. The van der Waals surface area contributed by atoms with Crippen molar-refractivity contribution in [1.29, 1.82) is 0 Å². The van der Waals surface area contributed by atoms with Gasteiger partial charge < -0.3 is 10.0 Å². The number of carbonyl (C=O) groups is 1. The lowest BCUT2D eigenvalue weighted by Crippen LogP contribution is -2.42. The van der Waals surface area contributed by atoms with Gasteiger partial charge in [-0.15, -0.1) is 0 Å². The number of amides is 1. The third-order valence-corrected chi connectivity index (χ3v) is 4.30. The molecule has 1 fully saturated rings. The smallest absolute Gasteiger partial charge is 0.257 e. The summed E-state index contributed by atoms with van der Waals surface area (Å²) in [4.78, 5) is 14.3. The fraction of sp³-hybridized carbons (Fsp3) is 0.750. The maximum absolute atomic E-state index is 12.7. The number of aliphatic hydroxyl groups is 1. The molecule has 0 atom stereocenters. The highest BCUT2D eigenvalue weighted by Crippen LogP contribution is 2.30. The van der Waals surface area contributed by atoms with Crippen LogP contribution in [0, 0.1) is 0 Å². The van der Waals surface area contributed by atoms with Crippen molar-refractivity contribution in [2.75, 3.05) is 13.6 Å². The lowest BCUT2D eigenvalue weighted by Gasteiger charge is -2.28. The van der Waals surface area contributed by atoms with Gasteiger partial charge in [0.25, 0.3) is 5.91 Å². The molecule has 0 spiro atoms. The molecule has 1 aromatic heterocycles. The van der Waals surface area contributed by atoms with Crippen LogP contribution >= 0.6 is 0 Å². The molecule has 1 heterocycles. The summed E-state index contributed by atoms with van der Waals surface area (Å²) >= 11 is 0. The fourth-order valence-electron chi connectivity index (χ4n) is 3.10. The average molecular weight is 293 g/mol. The quantitative estimate of drug-likeness (QED) is 0.907. The van der Waals surface area contributed by atoms with Crippen molar-refractivity contribution in [2.45, 2.75) is 64.5 Å². The second-order valence-corrected chi connectivity index (χ2v) is 6.53. The summed E-state index contributed by atoms with van der Waals surface area (Å²) in [5.41, 5.74) is 0.798. The zero-order valence-electron chi connectivity index (χ0n) is 13.6. The van der Waals surface area contributed by atoms with Gasteiger partial charge in [-0.25, -0.2) is 0 Å². The summed E-state index contributed by atoms with van der Waals surface area (Å²) in [5, 5.41) is 15.0. The van der Waals surface area contributed by atoms with E-state index in [2.05, 4.69) is 5.10 Å². The number of carbonyl (C=O) groups excluding carboxylic acids is 1. The first-order valence-electron chi connectivity index (χ1n) is 7.91. The maximum Gasteiger partial charge on any atom is 0.257 e. The Labute approximate surface area is 126 Å². The van der Waals surface area contributed by atoms with E-state index in [9.17, 15) is 9.90 Å². The minimum Gasteiger partial charge on any atom is -0.388 e. The van der Waals surface area contributed by atoms with E-state index in [0.717, 1.165) is 37.9 Å². The molecule has 1 aromatic rings. The van der Waals surface area contributed by atoms with E-state index < -0.39 is 5.60 Å². The summed E-state index contributed by atoms with van der Waals surface area (Å²) in [5.74, 6) is 0.165. The monoisotopic (exact) mass is 293 g/mol. The number of rotatable bonds is 5. The van der Waals surface area contributed by atoms with E-state index in [1.807, 2.05) is 27.0 Å². The van der Waals surface area contributed by atoms with Crippen LogP contribution in [0.25, 0.3) is 0 Å². The predicted molar refractivity (Wildman–Crippen MR) is 82.4 cm³/mol. The Morgan fingerprint density at radius 3 is 2.62 bits per heavy atom. The Morgan fingerprint density at radius 1 is 1.48 bits per heavy atom. The van der Waals surface area contributed by atoms with Gasteiger partial charge in [0.1, 0.15) is 0 Å². The second kappa shape index (κ2) is 6.18. The molecule has 0 bridgehead atoms. The second-order valence-electron chi connectivity index (χ2n) is 6.53. The van der Waals surface area contributed by atoms with Crippen LogP contribution in [0.2, 0.25) is 0 Å². The Hall–Kier alpha value is -1.36. The molecule has 1 amide bonds. The SMILES string of the molecule is CCn1cc(C(=O)N(C)CC2(O)CCCC2)c(C(C)C)n1. The summed E-state index contributed by atoms with van der Waals surface area (Å²) in [6, 6.07) is 0. The average Bonchev–Trinajstić information content (AvgIpc) is 3.04. The Bertz CT molecular complexity index is 502. The van der Waals surface area contributed by atoms with Crippen LogP contribution < -0.4 is 0 Å². The highest BCUT2D eigenvalue weighted by molar-refractivity contribution is 5.95. The summed E-state index contributed by atoms with van der Waals surface area (Å²) in [6.45, 7) is 7.25. The molecule has 0 saturated heterocycles. The lowest BCUT2D eigenvalue weighted by atomic mass is 10.0. The van der Waals surface area contributed by atoms with Crippen molar-refractivity contribution in [3.8, 4) is 0 Å². The Kier molecular flexibility index (Phi) is 4.71. The molecule has 0 aliphatic heterocycles. The van der Waals surface area contributed by atoms with Gasteiger partial charge >= 0.3 is 0 Å². The summed E-state index contributed by atoms with van der Waals surface area (Å²) in [7, 11) is 1.77. The molecular formula is C16H27N3O2. The van der Waals surface area contributed by atoms with Gasteiger partial charge in [0.05, 0.1) is 16.9 Å². The molecular weight excluding hydrogens is 266 g/mol. The van der Waals surface area contributed by atoms with Gasteiger partial charge in [-0.3, -0.25) is 9.48 Å². The molecule has 21 heavy (non-hydrogen) atoms. The van der Waals surface area contributed by atoms with Gasteiger partial charge in [0, 0.05) is 26.3 Å². The van der Waals surface area contributed by atoms with Crippen molar-refractivity contribution in [1.82, 2.24) is 14.7 Å². The van der Waals surface area contributed by atoms with E-state index >= 15 is 0 Å². The van der Waals surface area contributed by atoms with Crippen LogP contribution in [0.1, 0.15) is 68.4 Å². The minimum atomic E-state index is -0.705. The van der Waals surface area contributed by atoms with Crippen molar-refractivity contribution < 1.29 is 9.90 Å². The highest BCUT2D eigenvalue weighted by Gasteiger charge is 2.34. The van der Waals surface area contributed by atoms with E-state index in [0.29, 0.717) is 12.1 Å². The van der Waals surface area contributed by atoms with Crippen LogP contribution in [0.5, 0.6) is 0 Å². The van der Waals surface area contributed by atoms with E-state index in [1.54, 1.807) is 16.6 Å². The highest BCUT2D eigenvalue weighted by atomic mass is 16.3. The molecule has 1 aliphatic rings. The van der Waals surface area contributed by atoms with Gasteiger partial charge in [-0.2, -0.15) is 5.10 Å². The maximum atomic E-state index is 12.7. The number of likely N-dealkylation sites (N-methyl/N-ethyl adjacent to an activating group) is 1. The first-order chi connectivity index (χ1) is 9.86. The van der Waals surface area contributed by atoms with Crippen LogP contribution in [0.4, 0.5) is 0 Å². The third-order valence-electron chi connectivity index (χ3n) is 4.30. The topological polar surface area (TPSA) is 58.4 Å².